The van der Waals surface area contributed by atoms with Crippen molar-refractivity contribution in [3.63, 3.8) is 0 Å². The molecule has 0 fully saturated rings. The second-order valence-corrected chi connectivity index (χ2v) is 24.1. The van der Waals surface area contributed by atoms with E-state index in [1.54, 1.807) is 0 Å². The predicted molar refractivity (Wildman–Crippen MR) is 338 cm³/mol. The Morgan fingerprint density at radius 2 is 0.526 bits per heavy atom. The summed E-state index contributed by atoms with van der Waals surface area (Å²) >= 11 is 0. The van der Waals surface area contributed by atoms with Gasteiger partial charge < -0.3 is 9.13 Å². The number of rotatable bonds is 8. The van der Waals surface area contributed by atoms with Gasteiger partial charge in [-0.3, -0.25) is 0 Å². The molecule has 78 heavy (non-hydrogen) atoms. The second-order valence-electron chi connectivity index (χ2n) is 24.1. The van der Waals surface area contributed by atoms with Gasteiger partial charge in [0.2, 0.25) is 0 Å². The lowest BCUT2D eigenvalue weighted by atomic mass is 9.84. The van der Waals surface area contributed by atoms with E-state index in [9.17, 15) is 0 Å². The Morgan fingerprint density at radius 3 is 0.833 bits per heavy atom. The zero-order valence-electron chi connectivity index (χ0n) is 46.9. The molecule has 2 heterocycles. The van der Waals surface area contributed by atoms with Crippen molar-refractivity contribution < 1.29 is 0 Å². The minimum absolute atomic E-state index is 0.0883. The SMILES string of the molecule is CCn1c2ccc(-c3ccc(-c4ccc(-c5c6ccc(C)cc6c(-c6ccc(-c7ccc(-c8ccc9c(c8)c8cc(C(C)(C)C)ccc8n9CC)cc7)cc6)c6ccc(C)cc56)cc4)cc3)cc2c2cc(C(C)(C)C)ccc21. The van der Waals surface area contributed by atoms with Crippen molar-refractivity contribution in [1.82, 2.24) is 9.13 Å². The summed E-state index contributed by atoms with van der Waals surface area (Å²) in [5.41, 5.74) is 25.4. The third-order valence-corrected chi connectivity index (χ3v) is 17.0. The van der Waals surface area contributed by atoms with Crippen molar-refractivity contribution in [3.8, 4) is 66.8 Å². The fraction of sp³-hybridized carbons (Fsp3) is 0.184. The summed E-state index contributed by atoms with van der Waals surface area (Å²) in [6, 6.07) is 78.9. The van der Waals surface area contributed by atoms with Crippen LogP contribution in [-0.4, -0.2) is 9.13 Å². The average Bonchev–Trinajstić information content (AvgIpc) is 4.11. The molecule has 0 atom stereocenters. The first-order chi connectivity index (χ1) is 37.6. The van der Waals surface area contributed by atoms with E-state index in [-0.39, 0.29) is 10.8 Å². The van der Waals surface area contributed by atoms with E-state index in [0.717, 1.165) is 13.1 Å². The highest BCUT2D eigenvalue weighted by Gasteiger charge is 2.21. The molecule has 0 saturated carbocycles. The molecule has 0 radical (unpaired) electrons. The number of benzene rings is 11. The van der Waals surface area contributed by atoms with Crippen LogP contribution in [0.2, 0.25) is 0 Å². The first-order valence-electron chi connectivity index (χ1n) is 28.2. The molecule has 0 unspecified atom stereocenters. The van der Waals surface area contributed by atoms with Gasteiger partial charge >= 0.3 is 0 Å². The van der Waals surface area contributed by atoms with E-state index in [2.05, 4.69) is 285 Å². The summed E-state index contributed by atoms with van der Waals surface area (Å²) in [7, 11) is 0. The fourth-order valence-corrected chi connectivity index (χ4v) is 12.6. The molecule has 0 spiro atoms. The van der Waals surface area contributed by atoms with Crippen molar-refractivity contribution in [2.75, 3.05) is 0 Å². The van der Waals surface area contributed by atoms with E-state index in [1.807, 2.05) is 0 Å². The molecular weight excluding hydrogens is 941 g/mol. The monoisotopic (exact) mass is 1010 g/mol. The normalized spacial score (nSPS) is 12.3. The van der Waals surface area contributed by atoms with Crippen LogP contribution >= 0.6 is 0 Å². The van der Waals surface area contributed by atoms with Crippen LogP contribution in [0.15, 0.2) is 206 Å². The predicted octanol–water partition coefficient (Wildman–Crippen LogP) is 21.5. The average molecular weight is 1010 g/mol. The third-order valence-electron chi connectivity index (χ3n) is 17.0. The van der Waals surface area contributed by atoms with Gasteiger partial charge in [0.15, 0.2) is 0 Å². The molecule has 382 valence electrons. The molecule has 13 rings (SSSR count). The minimum Gasteiger partial charge on any atom is -0.341 e. The maximum absolute atomic E-state index is 2.45. The third kappa shape index (κ3) is 8.32. The Labute approximate surface area is 460 Å². The van der Waals surface area contributed by atoms with Gasteiger partial charge in [0.05, 0.1) is 0 Å². The quantitative estimate of drug-likeness (QED) is 0.134. The molecule has 0 aliphatic carbocycles. The Bertz CT molecular complexity index is 4190. The molecule has 0 N–H and O–H groups in total. The van der Waals surface area contributed by atoms with Crippen molar-refractivity contribution in [3.05, 3.63) is 229 Å². The molecule has 0 amide bonds. The highest BCUT2D eigenvalue weighted by molar-refractivity contribution is 6.22. The van der Waals surface area contributed by atoms with Crippen molar-refractivity contribution in [2.45, 2.75) is 93.2 Å². The van der Waals surface area contributed by atoms with Crippen LogP contribution < -0.4 is 0 Å². The summed E-state index contributed by atoms with van der Waals surface area (Å²) in [5, 5.41) is 10.4. The van der Waals surface area contributed by atoms with E-state index in [4.69, 9.17) is 0 Å². The van der Waals surface area contributed by atoms with Crippen molar-refractivity contribution in [1.29, 1.82) is 0 Å². The highest BCUT2D eigenvalue weighted by atomic mass is 15.0. The van der Waals surface area contributed by atoms with E-state index < -0.39 is 0 Å². The van der Waals surface area contributed by atoms with Gasteiger partial charge in [0, 0.05) is 56.7 Å². The lowest BCUT2D eigenvalue weighted by Gasteiger charge is -2.19. The molecule has 0 aliphatic rings. The summed E-state index contributed by atoms with van der Waals surface area (Å²) in [6.45, 7) is 24.6. The summed E-state index contributed by atoms with van der Waals surface area (Å²) in [5.74, 6) is 0. The molecule has 2 nitrogen and oxygen atoms in total. The summed E-state index contributed by atoms with van der Waals surface area (Å²) in [6.07, 6.45) is 0. The van der Waals surface area contributed by atoms with Crippen LogP contribution in [0.5, 0.6) is 0 Å². The number of hydrogen-bond acceptors (Lipinski definition) is 0. The maximum Gasteiger partial charge on any atom is 0.0491 e. The zero-order valence-corrected chi connectivity index (χ0v) is 46.9. The molecule has 0 bridgehead atoms. The van der Waals surface area contributed by atoms with Gasteiger partial charge in [-0.2, -0.15) is 0 Å². The molecule has 2 heteroatoms. The van der Waals surface area contributed by atoms with Gasteiger partial charge in [-0.15, -0.1) is 0 Å². The number of hydrogen-bond donors (Lipinski definition) is 0. The minimum atomic E-state index is 0.0883. The van der Waals surface area contributed by atoms with Crippen molar-refractivity contribution >= 4 is 65.2 Å². The van der Waals surface area contributed by atoms with Crippen molar-refractivity contribution in [2.24, 2.45) is 0 Å². The Hall–Kier alpha value is -8.46. The van der Waals surface area contributed by atoms with Crippen LogP contribution in [0.4, 0.5) is 0 Å². The van der Waals surface area contributed by atoms with Crippen LogP contribution in [0, 0.1) is 13.8 Å². The van der Waals surface area contributed by atoms with Gasteiger partial charge in [-0.25, -0.2) is 0 Å². The fourth-order valence-electron chi connectivity index (χ4n) is 12.6. The summed E-state index contributed by atoms with van der Waals surface area (Å²) in [4.78, 5) is 0. The maximum atomic E-state index is 2.45. The van der Waals surface area contributed by atoms with Gasteiger partial charge in [0.25, 0.3) is 0 Å². The molecule has 11 aromatic carbocycles. The number of aromatic nitrogens is 2. The first-order valence-corrected chi connectivity index (χ1v) is 28.2. The van der Waals surface area contributed by atoms with Gasteiger partial charge in [-0.05, 0) is 186 Å². The first kappa shape index (κ1) is 49.1. The van der Waals surface area contributed by atoms with E-state index in [0.29, 0.717) is 0 Å². The number of fused-ring (bicyclic) bond motifs is 8. The lowest BCUT2D eigenvalue weighted by Crippen LogP contribution is -2.10. The van der Waals surface area contributed by atoms with Crippen LogP contribution in [0.25, 0.3) is 132 Å². The van der Waals surface area contributed by atoms with E-state index >= 15 is 0 Å². The molecular formula is C76H68N2. The smallest absolute Gasteiger partial charge is 0.0491 e. The van der Waals surface area contributed by atoms with Crippen LogP contribution in [0.1, 0.15) is 77.6 Å². The largest absolute Gasteiger partial charge is 0.341 e. The lowest BCUT2D eigenvalue weighted by molar-refractivity contribution is 0.591. The van der Waals surface area contributed by atoms with E-state index in [1.165, 1.54) is 154 Å². The van der Waals surface area contributed by atoms with Gasteiger partial charge in [-0.1, -0.05) is 210 Å². The second kappa shape index (κ2) is 18.6. The number of nitrogens with zero attached hydrogens (tertiary/aromatic N) is 2. The topological polar surface area (TPSA) is 9.86 Å². The van der Waals surface area contributed by atoms with Gasteiger partial charge in [0.1, 0.15) is 0 Å². The summed E-state index contributed by atoms with van der Waals surface area (Å²) < 4.78 is 4.90. The molecule has 2 aromatic heterocycles. The molecule has 0 aliphatic heterocycles. The molecule has 13 aromatic rings. The van der Waals surface area contributed by atoms with Crippen LogP contribution in [0.3, 0.4) is 0 Å². The Morgan fingerprint density at radius 1 is 0.256 bits per heavy atom. The molecule has 0 saturated heterocycles. The van der Waals surface area contributed by atoms with Crippen LogP contribution in [-0.2, 0) is 23.9 Å². The zero-order chi connectivity index (χ0) is 53.8. The highest BCUT2D eigenvalue weighted by Crippen LogP contribution is 2.46. The number of aryl methyl sites for hydroxylation is 4. The Balaban J connectivity index is 0.806. The Kier molecular flexibility index (Phi) is 11.7. The standard InChI is InChI=1S/C76H68N2/c1-11-77-69-37-31-57(43-63(69)65-45-59(75(5,6)7)33-39-71(65)77)53-19-15-49(16-20-53)51-23-27-55(28-24-51)73-61-35-13-48(4)42-68(61)74(62-36-14-47(3)41-67(62)73)56-29-25-52(26-30-56)50-17-21-54(22-18-50)58-32-38-70-64(44-58)66-46-60(76(8,9)10)34-40-72(66)78(70)12-2/h13-46H,11-12H2,1-10H3.